The Balaban J connectivity index is 1.49. The van der Waals surface area contributed by atoms with E-state index < -0.39 is 0 Å². The second-order valence-corrected chi connectivity index (χ2v) is 8.68. The summed E-state index contributed by atoms with van der Waals surface area (Å²) in [6.45, 7) is 0.747. The summed E-state index contributed by atoms with van der Waals surface area (Å²) in [5.74, 6) is 0. The Morgan fingerprint density at radius 1 is 1.00 bits per heavy atom. The smallest absolute Gasteiger partial charge is 0.170 e. The van der Waals surface area contributed by atoms with E-state index in [1.54, 1.807) is 0 Å². The number of rotatable bonds is 5. The van der Waals surface area contributed by atoms with E-state index in [-0.39, 0.29) is 12.1 Å². The van der Waals surface area contributed by atoms with Crippen LogP contribution in [0.3, 0.4) is 0 Å². The fourth-order valence-electron chi connectivity index (χ4n) is 4.84. The van der Waals surface area contributed by atoms with Crippen molar-refractivity contribution in [2.75, 3.05) is 0 Å². The molecule has 0 aromatic carbocycles. The van der Waals surface area contributed by atoms with Gasteiger partial charge >= 0.3 is 0 Å². The highest BCUT2D eigenvalue weighted by atomic mass is 32.1. The molecule has 4 heterocycles. The molecular formula is C24H27N5S. The van der Waals surface area contributed by atoms with E-state index in [0.717, 1.165) is 17.4 Å². The molecule has 154 valence electrons. The van der Waals surface area contributed by atoms with E-state index in [9.17, 15) is 0 Å². The van der Waals surface area contributed by atoms with Gasteiger partial charge in [-0.25, -0.2) is 0 Å². The van der Waals surface area contributed by atoms with E-state index in [1.165, 1.54) is 43.2 Å². The van der Waals surface area contributed by atoms with Crippen LogP contribution in [-0.4, -0.2) is 24.5 Å². The zero-order chi connectivity index (χ0) is 20.3. The van der Waals surface area contributed by atoms with E-state index >= 15 is 0 Å². The SMILES string of the molecule is S=C1NC(c2ccccn2)C(c2ccn(C3CCCCC3)c2)N1Cc1ccncc1. The zero-order valence-corrected chi connectivity index (χ0v) is 17.8. The summed E-state index contributed by atoms with van der Waals surface area (Å²) in [4.78, 5) is 11.1. The van der Waals surface area contributed by atoms with E-state index in [4.69, 9.17) is 12.2 Å². The average molecular weight is 418 g/mol. The maximum absolute atomic E-state index is 5.79. The Hall–Kier alpha value is -2.73. The zero-order valence-electron chi connectivity index (χ0n) is 17.0. The minimum absolute atomic E-state index is 0.0303. The van der Waals surface area contributed by atoms with Gasteiger partial charge in [-0.05, 0) is 66.5 Å². The van der Waals surface area contributed by atoms with Gasteiger partial charge in [0.05, 0.1) is 17.8 Å². The Kier molecular flexibility index (Phi) is 5.49. The van der Waals surface area contributed by atoms with Gasteiger partial charge in [0.2, 0.25) is 0 Å². The van der Waals surface area contributed by atoms with Crippen molar-refractivity contribution in [1.82, 2.24) is 24.8 Å². The second-order valence-electron chi connectivity index (χ2n) is 8.29. The van der Waals surface area contributed by atoms with Gasteiger partial charge in [0.1, 0.15) is 0 Å². The molecule has 6 heteroatoms. The average Bonchev–Trinajstić information content (AvgIpc) is 3.41. The van der Waals surface area contributed by atoms with Gasteiger partial charge in [-0.2, -0.15) is 0 Å². The maximum Gasteiger partial charge on any atom is 0.170 e. The van der Waals surface area contributed by atoms with Crippen molar-refractivity contribution < 1.29 is 0 Å². The Morgan fingerprint density at radius 3 is 2.60 bits per heavy atom. The number of hydrogen-bond donors (Lipinski definition) is 1. The van der Waals surface area contributed by atoms with E-state index in [1.807, 2.05) is 30.7 Å². The number of thiocarbonyl (C=S) groups is 1. The molecule has 0 spiro atoms. The van der Waals surface area contributed by atoms with Gasteiger partial charge in [0.25, 0.3) is 0 Å². The van der Waals surface area contributed by atoms with Gasteiger partial charge in [-0.15, -0.1) is 0 Å². The molecule has 1 saturated carbocycles. The molecular weight excluding hydrogens is 390 g/mol. The lowest BCUT2D eigenvalue weighted by Gasteiger charge is -2.28. The third kappa shape index (κ3) is 3.84. The molecule has 3 aromatic rings. The molecule has 0 amide bonds. The molecule has 1 aliphatic carbocycles. The number of pyridine rings is 2. The van der Waals surface area contributed by atoms with Crippen molar-refractivity contribution in [3.8, 4) is 0 Å². The van der Waals surface area contributed by atoms with Crippen molar-refractivity contribution in [2.45, 2.75) is 56.8 Å². The fraction of sp³-hybridized carbons (Fsp3) is 0.375. The van der Waals surface area contributed by atoms with E-state index in [2.05, 4.69) is 61.4 Å². The van der Waals surface area contributed by atoms with Crippen LogP contribution in [0.4, 0.5) is 0 Å². The predicted octanol–water partition coefficient (Wildman–Crippen LogP) is 4.96. The van der Waals surface area contributed by atoms with Gasteiger partial charge < -0.3 is 14.8 Å². The molecule has 1 N–H and O–H groups in total. The van der Waals surface area contributed by atoms with Crippen LogP contribution >= 0.6 is 12.2 Å². The minimum atomic E-state index is 0.0303. The van der Waals surface area contributed by atoms with Gasteiger partial charge in [-0.1, -0.05) is 25.3 Å². The van der Waals surface area contributed by atoms with Gasteiger partial charge in [0, 0.05) is 43.6 Å². The number of nitrogens with one attached hydrogen (secondary N) is 1. The fourth-order valence-corrected chi connectivity index (χ4v) is 5.14. The molecule has 30 heavy (non-hydrogen) atoms. The summed E-state index contributed by atoms with van der Waals surface area (Å²) in [7, 11) is 0. The van der Waals surface area contributed by atoms with E-state index in [0.29, 0.717) is 6.04 Å². The third-order valence-corrected chi connectivity index (χ3v) is 6.73. The molecule has 0 bridgehead atoms. The number of hydrogen-bond acceptors (Lipinski definition) is 3. The molecule has 2 fully saturated rings. The summed E-state index contributed by atoms with van der Waals surface area (Å²) < 4.78 is 2.43. The highest BCUT2D eigenvalue weighted by Crippen LogP contribution is 2.40. The van der Waals surface area contributed by atoms with Crippen molar-refractivity contribution in [1.29, 1.82) is 0 Å². The summed E-state index contributed by atoms with van der Waals surface area (Å²) in [5.41, 5.74) is 3.51. The first kappa shape index (κ1) is 19.2. The Bertz CT molecular complexity index is 981. The van der Waals surface area contributed by atoms with Crippen molar-refractivity contribution in [2.24, 2.45) is 0 Å². The predicted molar refractivity (Wildman–Crippen MR) is 122 cm³/mol. The first-order valence-corrected chi connectivity index (χ1v) is 11.2. The largest absolute Gasteiger partial charge is 0.352 e. The first-order chi connectivity index (χ1) is 14.8. The molecule has 3 aromatic heterocycles. The molecule has 2 unspecified atom stereocenters. The van der Waals surface area contributed by atoms with Crippen LogP contribution in [-0.2, 0) is 6.54 Å². The molecule has 1 saturated heterocycles. The van der Waals surface area contributed by atoms with Crippen LogP contribution in [0.1, 0.15) is 67.1 Å². The summed E-state index contributed by atoms with van der Waals surface area (Å²) in [6, 6.07) is 13.2. The third-order valence-electron chi connectivity index (χ3n) is 6.38. The highest BCUT2D eigenvalue weighted by Gasteiger charge is 2.40. The van der Waals surface area contributed by atoms with Crippen molar-refractivity contribution in [3.05, 3.63) is 84.2 Å². The topological polar surface area (TPSA) is 46.0 Å². The minimum Gasteiger partial charge on any atom is -0.352 e. The summed E-state index contributed by atoms with van der Waals surface area (Å²) >= 11 is 5.79. The van der Waals surface area contributed by atoms with Gasteiger partial charge in [-0.3, -0.25) is 9.97 Å². The molecule has 5 rings (SSSR count). The summed E-state index contributed by atoms with van der Waals surface area (Å²) in [5, 5.41) is 4.32. The monoisotopic (exact) mass is 417 g/mol. The van der Waals surface area contributed by atoms with Crippen LogP contribution in [0.2, 0.25) is 0 Å². The quantitative estimate of drug-likeness (QED) is 0.595. The number of aromatic nitrogens is 3. The Labute approximate surface area is 183 Å². The molecule has 2 aliphatic rings. The van der Waals surface area contributed by atoms with Crippen molar-refractivity contribution >= 4 is 17.3 Å². The van der Waals surface area contributed by atoms with Crippen LogP contribution in [0.25, 0.3) is 0 Å². The normalized spacial score (nSPS) is 22.3. The van der Waals surface area contributed by atoms with Crippen LogP contribution in [0.15, 0.2) is 67.4 Å². The molecule has 0 radical (unpaired) electrons. The van der Waals surface area contributed by atoms with Crippen LogP contribution < -0.4 is 5.32 Å². The number of nitrogens with zero attached hydrogens (tertiary/aromatic N) is 4. The van der Waals surface area contributed by atoms with Crippen LogP contribution in [0, 0.1) is 0 Å². The highest BCUT2D eigenvalue weighted by molar-refractivity contribution is 7.80. The van der Waals surface area contributed by atoms with Gasteiger partial charge in [0.15, 0.2) is 5.11 Å². The lowest BCUT2D eigenvalue weighted by atomic mass is 9.95. The lowest BCUT2D eigenvalue weighted by Crippen LogP contribution is -2.29. The maximum atomic E-state index is 5.79. The Morgan fingerprint density at radius 2 is 1.83 bits per heavy atom. The molecule has 2 atom stereocenters. The summed E-state index contributed by atoms with van der Waals surface area (Å²) in [6.07, 6.45) is 16.7. The van der Waals surface area contributed by atoms with Crippen LogP contribution in [0.5, 0.6) is 0 Å². The van der Waals surface area contributed by atoms with Crippen molar-refractivity contribution in [3.63, 3.8) is 0 Å². The first-order valence-electron chi connectivity index (χ1n) is 10.8. The lowest BCUT2D eigenvalue weighted by molar-refractivity contribution is 0.309. The second kappa shape index (κ2) is 8.56. The molecule has 1 aliphatic heterocycles. The molecule has 5 nitrogen and oxygen atoms in total. The standard InChI is InChI=1S/C24H27N5S/c30-24-27-22(21-8-4-5-12-26-21)23(29(24)16-18-9-13-25-14-10-18)19-11-15-28(17-19)20-6-2-1-3-7-20/h4-5,8-15,17,20,22-23H,1-3,6-7,16H2,(H,27,30).